The number of hydrogen-bond acceptors (Lipinski definition) is 3. The molecule has 1 saturated heterocycles. The van der Waals surface area contributed by atoms with Gasteiger partial charge in [0.05, 0.1) is 19.4 Å². The van der Waals surface area contributed by atoms with E-state index in [0.717, 1.165) is 0 Å². The number of carbonyl (C=O) groups excluding carboxylic acids is 1. The summed E-state index contributed by atoms with van der Waals surface area (Å²) in [5, 5.41) is 2.59. The lowest BCUT2D eigenvalue weighted by atomic mass is 10.3. The number of cyclic esters (lactones) is 1. The predicted molar refractivity (Wildman–Crippen MR) is 40.5 cm³/mol. The molecule has 0 bridgehead atoms. The Bertz CT molecular complexity index is 270. The van der Waals surface area contributed by atoms with E-state index < -0.39 is 0 Å². The van der Waals surface area contributed by atoms with E-state index in [1.54, 1.807) is 12.5 Å². The lowest BCUT2D eigenvalue weighted by Gasteiger charge is -2.06. The summed E-state index contributed by atoms with van der Waals surface area (Å²) < 4.78 is 6.82. The van der Waals surface area contributed by atoms with Crippen molar-refractivity contribution >= 4 is 6.09 Å². The van der Waals surface area contributed by atoms with E-state index in [4.69, 9.17) is 4.74 Å². The molecular weight excluding hydrogens is 158 g/mol. The third kappa shape index (κ3) is 1.39. The number of hydrogen-bond donors (Lipinski definition) is 1. The summed E-state index contributed by atoms with van der Waals surface area (Å²) in [6, 6.07) is 0. The summed E-state index contributed by atoms with van der Waals surface area (Å²) in [4.78, 5) is 14.5. The maximum atomic E-state index is 10.6. The molecule has 1 N–H and O–H groups in total. The highest BCUT2D eigenvalue weighted by Crippen LogP contribution is 2.02. The Kier molecular flexibility index (Phi) is 1.69. The van der Waals surface area contributed by atoms with E-state index in [-0.39, 0.29) is 12.2 Å². The zero-order chi connectivity index (χ0) is 8.39. The third-order valence-corrected chi connectivity index (χ3v) is 1.72. The van der Waals surface area contributed by atoms with Gasteiger partial charge in [0, 0.05) is 12.4 Å². The molecule has 0 spiro atoms. The van der Waals surface area contributed by atoms with E-state index in [0.29, 0.717) is 13.1 Å². The van der Waals surface area contributed by atoms with Crippen LogP contribution in [0, 0.1) is 0 Å². The van der Waals surface area contributed by atoms with Crippen molar-refractivity contribution in [1.29, 1.82) is 0 Å². The largest absolute Gasteiger partial charge is 0.442 e. The quantitative estimate of drug-likeness (QED) is 0.674. The fourth-order valence-corrected chi connectivity index (χ4v) is 1.16. The van der Waals surface area contributed by atoms with Gasteiger partial charge in [-0.2, -0.15) is 0 Å². The van der Waals surface area contributed by atoms with Crippen LogP contribution >= 0.6 is 0 Å². The summed E-state index contributed by atoms with van der Waals surface area (Å²) in [7, 11) is 0. The summed E-state index contributed by atoms with van der Waals surface area (Å²) in [5.74, 6) is 0. The van der Waals surface area contributed by atoms with Gasteiger partial charge in [0.1, 0.15) is 6.10 Å². The second-order valence-corrected chi connectivity index (χ2v) is 2.67. The molecule has 12 heavy (non-hydrogen) atoms. The molecule has 2 heterocycles. The standard InChI is InChI=1S/C7H9N3O2/c11-7-9-3-6(12-7)4-10-2-1-8-5-10/h1-2,5-6H,3-4H2,(H,9,11). The van der Waals surface area contributed by atoms with Gasteiger partial charge in [-0.05, 0) is 0 Å². The Hall–Kier alpha value is -1.52. The second kappa shape index (κ2) is 2.84. The van der Waals surface area contributed by atoms with Crippen molar-refractivity contribution in [2.24, 2.45) is 0 Å². The van der Waals surface area contributed by atoms with Gasteiger partial charge in [0.2, 0.25) is 0 Å². The highest BCUT2D eigenvalue weighted by Gasteiger charge is 2.22. The summed E-state index contributed by atoms with van der Waals surface area (Å²) in [5.41, 5.74) is 0. The Labute approximate surface area is 69.3 Å². The average molecular weight is 167 g/mol. The fraction of sp³-hybridized carbons (Fsp3) is 0.429. The molecule has 1 unspecified atom stereocenters. The van der Waals surface area contributed by atoms with Crippen LogP contribution in [-0.4, -0.2) is 28.3 Å². The first kappa shape index (κ1) is 7.15. The molecule has 1 atom stereocenters. The van der Waals surface area contributed by atoms with Crippen molar-refractivity contribution in [2.45, 2.75) is 12.6 Å². The lowest BCUT2D eigenvalue weighted by Crippen LogP contribution is -2.19. The number of rotatable bonds is 2. The molecule has 1 fully saturated rings. The van der Waals surface area contributed by atoms with Crippen LogP contribution in [0.5, 0.6) is 0 Å². The van der Waals surface area contributed by atoms with Crippen molar-refractivity contribution < 1.29 is 9.53 Å². The number of imidazole rings is 1. The Morgan fingerprint density at radius 2 is 2.75 bits per heavy atom. The minimum absolute atomic E-state index is 0.0632. The van der Waals surface area contributed by atoms with Gasteiger partial charge in [-0.1, -0.05) is 0 Å². The van der Waals surface area contributed by atoms with Crippen molar-refractivity contribution in [3.05, 3.63) is 18.7 Å². The smallest absolute Gasteiger partial charge is 0.407 e. The molecule has 2 rings (SSSR count). The van der Waals surface area contributed by atoms with E-state index in [2.05, 4.69) is 10.3 Å². The van der Waals surface area contributed by atoms with Crippen molar-refractivity contribution in [3.8, 4) is 0 Å². The second-order valence-electron chi connectivity index (χ2n) is 2.67. The zero-order valence-electron chi connectivity index (χ0n) is 6.43. The van der Waals surface area contributed by atoms with Gasteiger partial charge in [0.25, 0.3) is 0 Å². The first-order valence-electron chi connectivity index (χ1n) is 3.75. The van der Waals surface area contributed by atoms with Crippen LogP contribution in [0.3, 0.4) is 0 Å². The number of nitrogens with zero attached hydrogens (tertiary/aromatic N) is 2. The Balaban J connectivity index is 1.92. The molecule has 64 valence electrons. The molecule has 1 aromatic heterocycles. The van der Waals surface area contributed by atoms with E-state index >= 15 is 0 Å². The van der Waals surface area contributed by atoms with Crippen LogP contribution in [0.4, 0.5) is 4.79 Å². The molecule has 0 saturated carbocycles. The molecule has 0 radical (unpaired) electrons. The first-order valence-corrected chi connectivity index (χ1v) is 3.75. The summed E-state index contributed by atoms with van der Waals surface area (Å²) >= 11 is 0. The van der Waals surface area contributed by atoms with Gasteiger partial charge < -0.3 is 14.6 Å². The van der Waals surface area contributed by atoms with Crippen LogP contribution < -0.4 is 5.32 Å². The topological polar surface area (TPSA) is 56.2 Å². The van der Waals surface area contributed by atoms with Crippen LogP contribution in [0.15, 0.2) is 18.7 Å². The zero-order valence-corrected chi connectivity index (χ0v) is 6.43. The maximum absolute atomic E-state index is 10.6. The molecule has 5 nitrogen and oxygen atoms in total. The molecular formula is C7H9N3O2. The number of nitrogens with one attached hydrogen (secondary N) is 1. The molecule has 1 amide bonds. The van der Waals surface area contributed by atoms with Gasteiger partial charge in [-0.15, -0.1) is 0 Å². The minimum atomic E-state index is -0.333. The first-order chi connectivity index (χ1) is 5.84. The van der Waals surface area contributed by atoms with Crippen molar-refractivity contribution in [2.75, 3.05) is 6.54 Å². The summed E-state index contributed by atoms with van der Waals surface area (Å²) in [6.45, 7) is 1.25. The van der Waals surface area contributed by atoms with E-state index in [1.165, 1.54) is 0 Å². The Morgan fingerprint density at radius 1 is 1.83 bits per heavy atom. The van der Waals surface area contributed by atoms with Crippen LogP contribution in [0.1, 0.15) is 0 Å². The van der Waals surface area contributed by atoms with Crippen molar-refractivity contribution in [1.82, 2.24) is 14.9 Å². The fourth-order valence-electron chi connectivity index (χ4n) is 1.16. The molecule has 0 aromatic carbocycles. The van der Waals surface area contributed by atoms with E-state index in [9.17, 15) is 4.79 Å². The minimum Gasteiger partial charge on any atom is -0.442 e. The molecule has 1 aromatic rings. The van der Waals surface area contributed by atoms with Crippen LogP contribution in [0.2, 0.25) is 0 Å². The molecule has 5 heteroatoms. The van der Waals surface area contributed by atoms with Gasteiger partial charge in [-0.3, -0.25) is 0 Å². The number of alkyl carbamates (subject to hydrolysis) is 1. The number of aromatic nitrogens is 2. The molecule has 0 aliphatic carbocycles. The number of ether oxygens (including phenoxy) is 1. The van der Waals surface area contributed by atoms with Gasteiger partial charge >= 0.3 is 6.09 Å². The maximum Gasteiger partial charge on any atom is 0.407 e. The van der Waals surface area contributed by atoms with Gasteiger partial charge in [0.15, 0.2) is 0 Å². The van der Waals surface area contributed by atoms with E-state index in [1.807, 2.05) is 10.8 Å². The SMILES string of the molecule is O=C1NCC(Cn2ccnc2)O1. The Morgan fingerprint density at radius 3 is 3.33 bits per heavy atom. The number of carbonyl (C=O) groups is 1. The monoisotopic (exact) mass is 167 g/mol. The average Bonchev–Trinajstić information content (AvgIpc) is 2.63. The number of amides is 1. The highest BCUT2D eigenvalue weighted by molar-refractivity contribution is 5.69. The summed E-state index contributed by atoms with van der Waals surface area (Å²) in [6.07, 6.45) is 4.84. The highest BCUT2D eigenvalue weighted by atomic mass is 16.6. The lowest BCUT2D eigenvalue weighted by molar-refractivity contribution is 0.131. The van der Waals surface area contributed by atoms with Crippen LogP contribution in [0.25, 0.3) is 0 Å². The third-order valence-electron chi connectivity index (χ3n) is 1.72. The van der Waals surface area contributed by atoms with Gasteiger partial charge in [-0.25, -0.2) is 9.78 Å². The van der Waals surface area contributed by atoms with Crippen molar-refractivity contribution in [3.63, 3.8) is 0 Å². The molecule has 1 aliphatic rings. The normalized spacial score (nSPS) is 22.0. The molecule has 1 aliphatic heterocycles. The van der Waals surface area contributed by atoms with Crippen LogP contribution in [-0.2, 0) is 11.3 Å². The predicted octanol–water partition coefficient (Wildman–Crippen LogP) is -0.00850.